The van der Waals surface area contributed by atoms with E-state index < -0.39 is 113 Å². The van der Waals surface area contributed by atoms with E-state index in [0.29, 0.717) is 5.56 Å². The summed E-state index contributed by atoms with van der Waals surface area (Å²) in [6.45, 7) is 5.37. The molecular formula is C47H54Cl6N2O15. The average molecular weight is 1100 g/mol. The number of alkyl halides is 6. The molecule has 3 aliphatic heterocycles. The monoisotopic (exact) mass is 1100 g/mol. The molecule has 0 bridgehead atoms. The number of alkyl carbamates (subject to hydrolysis) is 2. The predicted octanol–water partition coefficient (Wildman–Crippen LogP) is 8.21. The van der Waals surface area contributed by atoms with E-state index in [1.54, 1.807) is 6.92 Å². The molecule has 0 spiro atoms. The summed E-state index contributed by atoms with van der Waals surface area (Å²) in [6, 6.07) is 25.1. The van der Waals surface area contributed by atoms with E-state index >= 15 is 0 Å². The molecule has 0 unspecified atom stereocenters. The third kappa shape index (κ3) is 17.2. The highest BCUT2D eigenvalue weighted by Crippen LogP contribution is 2.39. The normalized spacial score (nSPS) is 27.3. The number of carbonyl (C=O) groups is 3. The van der Waals surface area contributed by atoms with Crippen molar-refractivity contribution in [1.82, 2.24) is 10.6 Å². The highest BCUT2D eigenvalue weighted by atomic mass is 35.6. The molecule has 0 saturated carbocycles. The Balaban J connectivity index is 1.44. The van der Waals surface area contributed by atoms with E-state index in [1.165, 1.54) is 13.0 Å². The average Bonchev–Trinajstić information content (AvgIpc) is 3.34. The van der Waals surface area contributed by atoms with Crippen molar-refractivity contribution < 1.29 is 71.2 Å². The van der Waals surface area contributed by atoms with Crippen LogP contribution in [0.15, 0.2) is 104 Å². The number of rotatable bonds is 21. The fourth-order valence-electron chi connectivity index (χ4n) is 7.63. The van der Waals surface area contributed by atoms with Gasteiger partial charge in [0.2, 0.25) is 7.59 Å². The fraction of sp³-hybridized carbons (Fsp3) is 0.511. The third-order valence-electron chi connectivity index (χ3n) is 10.7. The molecule has 2 amide bonds. The summed E-state index contributed by atoms with van der Waals surface area (Å²) in [7, 11) is 0. The van der Waals surface area contributed by atoms with Crippen LogP contribution in [0.3, 0.4) is 0 Å². The molecule has 17 nitrogen and oxygen atoms in total. The minimum Gasteiger partial charge on any atom is -0.464 e. The standard InChI is InChI=1S/C47H54Cl6N2O15/c1-4-21-61-42-35(55-45(58)65-27-47(51,52)53)39(66-28(3)40(56)60-5-2)37(32(67-42)24-59-22-29-15-9-6-10-16-29)70-43-34(54-44(57)64-26-46(48,49)50)38(62-23-30-17-11-7-12-18-30)36-33(68-43)25-63-41(69-36)31-19-13-8-14-20-31/h4,6-20,28,32-39,41-43H,1,5,21-27H2,2-3H3,(H,54,57)(H,55,58)/t28-,32-,33-,34-,35-,36-,37-,38-,39-,41-,42+,43+/m1/s1. The zero-order valence-corrected chi connectivity index (χ0v) is 42.5. The maximum atomic E-state index is 13.8. The molecule has 0 aromatic heterocycles. The number of fused-ring (bicyclic) bond motifs is 1. The molecule has 0 aliphatic carbocycles. The lowest BCUT2D eigenvalue weighted by Gasteiger charge is -2.52. The van der Waals surface area contributed by atoms with Gasteiger partial charge in [-0.15, -0.1) is 6.58 Å². The highest BCUT2D eigenvalue weighted by Gasteiger charge is 2.56. The van der Waals surface area contributed by atoms with Crippen LogP contribution in [0.5, 0.6) is 0 Å². The van der Waals surface area contributed by atoms with Gasteiger partial charge in [0.15, 0.2) is 25.0 Å². The lowest BCUT2D eigenvalue weighted by Crippen LogP contribution is -2.71. The largest absolute Gasteiger partial charge is 0.464 e. The maximum absolute atomic E-state index is 13.8. The van der Waals surface area contributed by atoms with Gasteiger partial charge in [-0.3, -0.25) is 0 Å². The Labute approximate surface area is 435 Å². The van der Waals surface area contributed by atoms with Gasteiger partial charge in [-0.25, -0.2) is 14.4 Å². The van der Waals surface area contributed by atoms with Gasteiger partial charge in [-0.05, 0) is 25.0 Å². The first-order valence-electron chi connectivity index (χ1n) is 22.1. The Hall–Kier alpha value is -3.21. The maximum Gasteiger partial charge on any atom is 0.407 e. The number of hydrogen-bond donors (Lipinski definition) is 2. The van der Waals surface area contributed by atoms with Crippen molar-refractivity contribution >= 4 is 87.8 Å². The van der Waals surface area contributed by atoms with Crippen LogP contribution in [0, 0.1) is 0 Å². The number of nitrogens with one attached hydrogen (secondary N) is 2. The number of halogens is 6. The first-order chi connectivity index (χ1) is 33.5. The SMILES string of the molecule is C=CCO[C@H]1O[C@H](COCc2ccccc2)[C@@H](O[C@@H]2O[C@@H]3CO[C@@H](c4ccccc4)O[C@H]3[C@H](OCc3ccccc3)[C@H]2NC(=O)OCC(Cl)(Cl)Cl)[C@H](O[C@H](C)C(=O)OCC)[C@H]1NC(=O)OCC(Cl)(Cl)Cl. The Morgan fingerprint density at radius 1 is 0.729 bits per heavy atom. The minimum atomic E-state index is -1.98. The highest BCUT2D eigenvalue weighted by molar-refractivity contribution is 6.68. The third-order valence-corrected chi connectivity index (χ3v) is 11.3. The number of carbonyl (C=O) groups excluding carboxylic acids is 3. The summed E-state index contributed by atoms with van der Waals surface area (Å²) in [5, 5.41) is 5.48. The van der Waals surface area contributed by atoms with E-state index in [4.69, 9.17) is 126 Å². The summed E-state index contributed by atoms with van der Waals surface area (Å²) in [5.41, 5.74) is 2.32. The predicted molar refractivity (Wildman–Crippen MR) is 258 cm³/mol. The van der Waals surface area contributed by atoms with Crippen LogP contribution in [0.4, 0.5) is 9.59 Å². The second-order valence-corrected chi connectivity index (χ2v) is 21.0. The molecule has 70 heavy (non-hydrogen) atoms. The van der Waals surface area contributed by atoms with Crippen molar-refractivity contribution in [3.63, 3.8) is 0 Å². The molecule has 23 heteroatoms. The lowest BCUT2D eigenvalue weighted by molar-refractivity contribution is -0.371. The van der Waals surface area contributed by atoms with Crippen molar-refractivity contribution in [1.29, 1.82) is 0 Å². The second-order valence-electron chi connectivity index (χ2n) is 16.0. The first-order valence-corrected chi connectivity index (χ1v) is 24.4. The fourth-order valence-corrected chi connectivity index (χ4v) is 7.96. The molecule has 384 valence electrons. The van der Waals surface area contributed by atoms with Gasteiger partial charge in [0.25, 0.3) is 0 Å². The number of benzene rings is 3. The Morgan fingerprint density at radius 2 is 1.30 bits per heavy atom. The molecule has 0 radical (unpaired) electrons. The van der Waals surface area contributed by atoms with Crippen LogP contribution in [0.25, 0.3) is 0 Å². The molecule has 3 aromatic rings. The Morgan fingerprint density at radius 3 is 1.87 bits per heavy atom. The van der Waals surface area contributed by atoms with Crippen LogP contribution in [-0.2, 0) is 74.9 Å². The van der Waals surface area contributed by atoms with Crippen molar-refractivity contribution in [2.75, 3.05) is 39.6 Å². The quantitative estimate of drug-likeness (QED) is 0.0450. The zero-order chi connectivity index (χ0) is 50.3. The molecule has 3 aliphatic rings. The molecule has 3 aromatic carbocycles. The van der Waals surface area contributed by atoms with Crippen LogP contribution in [0.2, 0.25) is 0 Å². The van der Waals surface area contributed by atoms with Gasteiger partial charge in [0.1, 0.15) is 61.9 Å². The van der Waals surface area contributed by atoms with Crippen molar-refractivity contribution in [3.8, 4) is 0 Å². The number of ether oxygens (including phenoxy) is 12. The number of amides is 2. The molecular weight excluding hydrogens is 1050 g/mol. The van der Waals surface area contributed by atoms with Crippen molar-refractivity contribution in [2.24, 2.45) is 0 Å². The van der Waals surface area contributed by atoms with E-state index in [2.05, 4.69) is 17.2 Å². The minimum absolute atomic E-state index is 0.0200. The van der Waals surface area contributed by atoms with Gasteiger partial charge < -0.3 is 67.5 Å². The van der Waals surface area contributed by atoms with E-state index in [0.717, 1.165) is 11.1 Å². The van der Waals surface area contributed by atoms with Gasteiger partial charge in [-0.2, -0.15) is 0 Å². The summed E-state index contributed by atoms with van der Waals surface area (Å²) in [6.07, 6.45) is -12.6. The van der Waals surface area contributed by atoms with Crippen LogP contribution < -0.4 is 10.6 Å². The van der Waals surface area contributed by atoms with Crippen molar-refractivity contribution in [2.45, 2.75) is 108 Å². The summed E-state index contributed by atoms with van der Waals surface area (Å²) in [4.78, 5) is 40.7. The van der Waals surface area contributed by atoms with E-state index in [-0.39, 0.29) is 39.6 Å². The van der Waals surface area contributed by atoms with Crippen LogP contribution in [-0.4, -0.2) is 133 Å². The number of hydrogen-bond acceptors (Lipinski definition) is 15. The molecule has 3 fully saturated rings. The topological polar surface area (TPSA) is 186 Å². The molecule has 2 N–H and O–H groups in total. The smallest absolute Gasteiger partial charge is 0.407 e. The zero-order valence-electron chi connectivity index (χ0n) is 37.9. The van der Waals surface area contributed by atoms with E-state index in [9.17, 15) is 14.4 Å². The van der Waals surface area contributed by atoms with Gasteiger partial charge in [-0.1, -0.05) is 167 Å². The van der Waals surface area contributed by atoms with Crippen molar-refractivity contribution in [3.05, 3.63) is 120 Å². The van der Waals surface area contributed by atoms with Crippen LogP contribution >= 0.6 is 69.6 Å². The first kappa shape index (κ1) is 56.1. The number of esters is 1. The molecule has 3 saturated heterocycles. The second kappa shape index (κ2) is 27.2. The molecule has 6 rings (SSSR count). The van der Waals surface area contributed by atoms with Gasteiger partial charge in [0, 0.05) is 5.56 Å². The van der Waals surface area contributed by atoms with Crippen LogP contribution in [0.1, 0.15) is 36.8 Å². The van der Waals surface area contributed by atoms with Gasteiger partial charge >= 0.3 is 18.2 Å². The van der Waals surface area contributed by atoms with E-state index in [1.807, 2.05) is 91.0 Å². The molecule has 12 atom stereocenters. The Bertz CT molecular complexity index is 2090. The molecule has 3 heterocycles. The lowest BCUT2D eigenvalue weighted by atomic mass is 9.93. The Kier molecular flexibility index (Phi) is 21.8. The summed E-state index contributed by atoms with van der Waals surface area (Å²) >= 11 is 35.8. The van der Waals surface area contributed by atoms with Gasteiger partial charge in [0.05, 0.1) is 39.6 Å². The summed E-state index contributed by atoms with van der Waals surface area (Å²) in [5.74, 6) is -0.752. The summed E-state index contributed by atoms with van der Waals surface area (Å²) < 4.78 is 70.8.